The van der Waals surface area contributed by atoms with Crippen LogP contribution in [0.25, 0.3) is 0 Å². The third-order valence-corrected chi connectivity index (χ3v) is 5.53. The van der Waals surface area contributed by atoms with Crippen molar-refractivity contribution in [3.63, 3.8) is 0 Å². The number of anilines is 2. The lowest BCUT2D eigenvalue weighted by molar-refractivity contribution is 0.0818. The Bertz CT molecular complexity index is 916. The first-order chi connectivity index (χ1) is 12.3. The first kappa shape index (κ1) is 18.2. The number of nitrogens with zero attached hydrogens (tertiary/aromatic N) is 5. The number of rotatable bonds is 5. The first-order valence-corrected chi connectivity index (χ1v) is 9.74. The van der Waals surface area contributed by atoms with Crippen molar-refractivity contribution in [1.29, 1.82) is 0 Å². The topological polar surface area (TPSA) is 100 Å². The minimum absolute atomic E-state index is 0.00132. The van der Waals surface area contributed by atoms with Gasteiger partial charge in [0, 0.05) is 40.4 Å². The number of amides is 1. The van der Waals surface area contributed by atoms with Gasteiger partial charge in [0.05, 0.1) is 12.4 Å². The normalized spacial score (nSPS) is 14.5. The van der Waals surface area contributed by atoms with E-state index >= 15 is 0 Å². The zero-order chi connectivity index (χ0) is 18.9. The molecule has 0 saturated carbocycles. The summed E-state index contributed by atoms with van der Waals surface area (Å²) in [6.07, 6.45) is 6.57. The standard InChI is InChI=1S/C16H22N6O3S/c1-20(2)16(23)13-8-12(11-21(13)3)26(24,25)19-14-9-17-10-15(18-14)22-6-4-5-7-22/h8-11H,4-7H2,1-3H3,(H,18,19). The van der Waals surface area contributed by atoms with Crippen LogP contribution in [0, 0.1) is 0 Å². The van der Waals surface area contributed by atoms with Gasteiger partial charge in [-0.2, -0.15) is 0 Å². The second-order valence-electron chi connectivity index (χ2n) is 6.43. The van der Waals surface area contributed by atoms with E-state index in [1.165, 1.54) is 27.9 Å². The van der Waals surface area contributed by atoms with E-state index in [1.807, 2.05) is 0 Å². The van der Waals surface area contributed by atoms with Crippen molar-refractivity contribution in [3.8, 4) is 0 Å². The zero-order valence-electron chi connectivity index (χ0n) is 15.0. The Balaban J connectivity index is 1.84. The molecule has 0 aromatic carbocycles. The Labute approximate surface area is 152 Å². The van der Waals surface area contributed by atoms with E-state index < -0.39 is 10.0 Å². The van der Waals surface area contributed by atoms with E-state index in [1.54, 1.807) is 27.3 Å². The number of carbonyl (C=O) groups is 1. The minimum Gasteiger partial charge on any atom is -0.355 e. The zero-order valence-corrected chi connectivity index (χ0v) is 15.8. The molecule has 1 saturated heterocycles. The first-order valence-electron chi connectivity index (χ1n) is 8.26. The van der Waals surface area contributed by atoms with Gasteiger partial charge in [0.15, 0.2) is 5.82 Å². The van der Waals surface area contributed by atoms with E-state index in [0.29, 0.717) is 5.82 Å². The van der Waals surface area contributed by atoms with Crippen LogP contribution in [-0.2, 0) is 17.1 Å². The second kappa shape index (κ2) is 6.94. The summed E-state index contributed by atoms with van der Waals surface area (Å²) in [6.45, 7) is 1.78. The third kappa shape index (κ3) is 3.64. The van der Waals surface area contributed by atoms with Crippen LogP contribution < -0.4 is 9.62 Å². The van der Waals surface area contributed by atoms with Gasteiger partial charge in [-0.1, -0.05) is 0 Å². The van der Waals surface area contributed by atoms with Crippen molar-refractivity contribution in [3.05, 3.63) is 30.4 Å². The molecule has 0 atom stereocenters. The number of nitrogens with one attached hydrogen (secondary N) is 1. The summed E-state index contributed by atoms with van der Waals surface area (Å²) in [7, 11) is 0.976. The van der Waals surface area contributed by atoms with Crippen LogP contribution in [0.3, 0.4) is 0 Å². The monoisotopic (exact) mass is 378 g/mol. The van der Waals surface area contributed by atoms with Crippen molar-refractivity contribution in [2.24, 2.45) is 7.05 Å². The molecule has 0 aliphatic carbocycles. The predicted octanol–water partition coefficient (Wildman–Crippen LogP) is 0.918. The highest BCUT2D eigenvalue weighted by Crippen LogP contribution is 2.21. The number of aromatic nitrogens is 3. The molecular weight excluding hydrogens is 356 g/mol. The summed E-state index contributed by atoms with van der Waals surface area (Å²) < 4.78 is 29.3. The Kier molecular flexibility index (Phi) is 4.86. The van der Waals surface area contributed by atoms with Gasteiger partial charge in [0.1, 0.15) is 16.4 Å². The van der Waals surface area contributed by atoms with Crippen molar-refractivity contribution in [1.82, 2.24) is 19.4 Å². The molecule has 1 fully saturated rings. The molecule has 1 aliphatic heterocycles. The van der Waals surface area contributed by atoms with Crippen molar-refractivity contribution < 1.29 is 13.2 Å². The number of hydrogen-bond donors (Lipinski definition) is 1. The minimum atomic E-state index is -3.88. The van der Waals surface area contributed by atoms with E-state index in [2.05, 4.69) is 19.6 Å². The highest BCUT2D eigenvalue weighted by Gasteiger charge is 2.22. The molecule has 1 aliphatic rings. The molecule has 2 aromatic heterocycles. The summed E-state index contributed by atoms with van der Waals surface area (Å²) in [5, 5.41) is 0. The van der Waals surface area contributed by atoms with Gasteiger partial charge in [0.2, 0.25) is 0 Å². The predicted molar refractivity (Wildman–Crippen MR) is 97.7 cm³/mol. The quantitative estimate of drug-likeness (QED) is 0.830. The maximum absolute atomic E-state index is 12.7. The summed E-state index contributed by atoms with van der Waals surface area (Å²) in [5.74, 6) is 0.530. The van der Waals surface area contributed by atoms with Crippen LogP contribution in [0.1, 0.15) is 23.3 Å². The van der Waals surface area contributed by atoms with E-state index in [-0.39, 0.29) is 22.3 Å². The molecule has 0 radical (unpaired) electrons. The van der Waals surface area contributed by atoms with Gasteiger partial charge in [-0.3, -0.25) is 14.5 Å². The molecular formula is C16H22N6O3S. The summed E-state index contributed by atoms with van der Waals surface area (Å²) >= 11 is 0. The number of sulfonamides is 1. The maximum atomic E-state index is 12.7. The van der Waals surface area contributed by atoms with Crippen LogP contribution >= 0.6 is 0 Å². The van der Waals surface area contributed by atoms with Gasteiger partial charge in [0.25, 0.3) is 15.9 Å². The number of aryl methyl sites for hydroxylation is 1. The third-order valence-electron chi connectivity index (χ3n) is 4.21. The molecule has 9 nitrogen and oxygen atoms in total. The van der Waals surface area contributed by atoms with Crippen molar-refractivity contribution >= 4 is 27.6 Å². The number of hydrogen-bond acceptors (Lipinski definition) is 6. The Morgan fingerprint density at radius 3 is 2.58 bits per heavy atom. The van der Waals surface area contributed by atoms with Crippen LogP contribution in [0.2, 0.25) is 0 Å². The largest absolute Gasteiger partial charge is 0.355 e. The fourth-order valence-electron chi connectivity index (χ4n) is 2.82. The van der Waals surface area contributed by atoms with Gasteiger partial charge < -0.3 is 14.4 Å². The van der Waals surface area contributed by atoms with Gasteiger partial charge in [-0.05, 0) is 18.9 Å². The van der Waals surface area contributed by atoms with Gasteiger partial charge in [-0.25, -0.2) is 13.4 Å². The Hall–Kier alpha value is -2.62. The summed E-state index contributed by atoms with van der Waals surface area (Å²) in [5.41, 5.74) is 0.285. The smallest absolute Gasteiger partial charge is 0.269 e. The summed E-state index contributed by atoms with van der Waals surface area (Å²) in [4.78, 5) is 24.0. The molecule has 0 unspecified atom stereocenters. The highest BCUT2D eigenvalue weighted by molar-refractivity contribution is 7.92. The number of carbonyl (C=O) groups excluding carboxylic acids is 1. The fraction of sp³-hybridized carbons (Fsp3) is 0.438. The molecule has 0 spiro atoms. The Morgan fingerprint density at radius 1 is 1.23 bits per heavy atom. The maximum Gasteiger partial charge on any atom is 0.269 e. The molecule has 140 valence electrons. The average Bonchev–Trinajstić information content (AvgIpc) is 3.24. The molecule has 3 heterocycles. The van der Waals surface area contributed by atoms with Crippen molar-refractivity contribution in [2.45, 2.75) is 17.7 Å². The Morgan fingerprint density at radius 2 is 1.92 bits per heavy atom. The van der Waals surface area contributed by atoms with E-state index in [4.69, 9.17) is 0 Å². The lowest BCUT2D eigenvalue weighted by atomic mass is 10.4. The molecule has 1 amide bonds. The molecule has 10 heteroatoms. The van der Waals surface area contributed by atoms with Gasteiger partial charge in [-0.15, -0.1) is 0 Å². The van der Waals surface area contributed by atoms with E-state index in [9.17, 15) is 13.2 Å². The second-order valence-corrected chi connectivity index (χ2v) is 8.12. The average molecular weight is 378 g/mol. The lowest BCUT2D eigenvalue weighted by Gasteiger charge is -2.16. The van der Waals surface area contributed by atoms with Crippen LogP contribution in [-0.4, -0.2) is 60.9 Å². The molecule has 0 bridgehead atoms. The lowest BCUT2D eigenvalue weighted by Crippen LogP contribution is -2.23. The highest BCUT2D eigenvalue weighted by atomic mass is 32.2. The van der Waals surface area contributed by atoms with Gasteiger partial charge >= 0.3 is 0 Å². The molecule has 1 N–H and O–H groups in total. The molecule has 2 aromatic rings. The van der Waals surface area contributed by atoms with Crippen LogP contribution in [0.15, 0.2) is 29.6 Å². The SMILES string of the molecule is CN(C)C(=O)c1cc(S(=O)(=O)Nc2cncc(N3CCCC3)n2)cn1C. The van der Waals surface area contributed by atoms with Crippen LogP contribution in [0.4, 0.5) is 11.6 Å². The van der Waals surface area contributed by atoms with Crippen LogP contribution in [0.5, 0.6) is 0 Å². The molecule has 3 rings (SSSR count). The summed E-state index contributed by atoms with van der Waals surface area (Å²) in [6, 6.07) is 1.35. The molecule has 26 heavy (non-hydrogen) atoms. The fourth-order valence-corrected chi connectivity index (χ4v) is 3.88. The van der Waals surface area contributed by atoms with Crippen molar-refractivity contribution in [2.75, 3.05) is 36.8 Å². The van der Waals surface area contributed by atoms with E-state index in [0.717, 1.165) is 25.9 Å².